The summed E-state index contributed by atoms with van der Waals surface area (Å²) in [6.45, 7) is 0.955. The van der Waals surface area contributed by atoms with E-state index in [0.29, 0.717) is 28.8 Å². The van der Waals surface area contributed by atoms with Crippen molar-refractivity contribution >= 4 is 34.9 Å². The SMILES string of the molecule is COC(=O)c1nccc(N(C)C)c1CNCc1cccc(Cl)c1Cl. The average Bonchev–Trinajstić information content (AvgIpc) is 2.57. The number of hydrogen-bond acceptors (Lipinski definition) is 5. The lowest BCUT2D eigenvalue weighted by Gasteiger charge is -2.19. The molecule has 0 aliphatic heterocycles. The first-order valence-corrected chi connectivity index (χ1v) is 8.08. The molecule has 0 radical (unpaired) electrons. The highest BCUT2D eigenvalue weighted by molar-refractivity contribution is 6.42. The van der Waals surface area contributed by atoms with E-state index in [0.717, 1.165) is 16.8 Å². The molecule has 0 atom stereocenters. The van der Waals surface area contributed by atoms with E-state index in [1.807, 2.05) is 37.2 Å². The predicted octanol–water partition coefficient (Wildman–Crippen LogP) is 3.53. The van der Waals surface area contributed by atoms with Crippen LogP contribution >= 0.6 is 23.2 Å². The first kappa shape index (κ1) is 18.5. The molecule has 0 saturated heterocycles. The molecule has 0 amide bonds. The van der Waals surface area contributed by atoms with Crippen molar-refractivity contribution in [2.45, 2.75) is 13.1 Å². The van der Waals surface area contributed by atoms with Gasteiger partial charge in [0.2, 0.25) is 0 Å². The number of rotatable bonds is 6. The quantitative estimate of drug-likeness (QED) is 0.791. The summed E-state index contributed by atoms with van der Waals surface area (Å²) in [6, 6.07) is 7.35. The molecule has 2 aromatic rings. The highest BCUT2D eigenvalue weighted by Crippen LogP contribution is 2.26. The third kappa shape index (κ3) is 4.17. The van der Waals surface area contributed by atoms with Gasteiger partial charge in [0.05, 0.1) is 17.2 Å². The minimum absolute atomic E-state index is 0.299. The van der Waals surface area contributed by atoms with Gasteiger partial charge in [-0.05, 0) is 17.7 Å². The first-order chi connectivity index (χ1) is 11.5. The largest absolute Gasteiger partial charge is 0.464 e. The molecule has 1 aromatic carbocycles. The highest BCUT2D eigenvalue weighted by Gasteiger charge is 2.18. The second kappa shape index (κ2) is 8.33. The topological polar surface area (TPSA) is 54.5 Å². The molecular formula is C17H19Cl2N3O2. The van der Waals surface area contributed by atoms with Crippen LogP contribution in [0.1, 0.15) is 21.6 Å². The van der Waals surface area contributed by atoms with E-state index in [-0.39, 0.29) is 0 Å². The van der Waals surface area contributed by atoms with Gasteiger partial charge in [-0.2, -0.15) is 0 Å². The van der Waals surface area contributed by atoms with Gasteiger partial charge < -0.3 is 15.0 Å². The lowest BCUT2D eigenvalue weighted by Crippen LogP contribution is -2.21. The zero-order chi connectivity index (χ0) is 17.7. The molecule has 0 spiro atoms. The third-order valence-electron chi connectivity index (χ3n) is 3.54. The van der Waals surface area contributed by atoms with Crippen molar-refractivity contribution in [2.75, 3.05) is 26.1 Å². The summed E-state index contributed by atoms with van der Waals surface area (Å²) in [7, 11) is 5.16. The summed E-state index contributed by atoms with van der Waals surface area (Å²) in [5, 5.41) is 4.33. The number of hydrogen-bond donors (Lipinski definition) is 1. The number of carbonyl (C=O) groups is 1. The summed E-state index contributed by atoms with van der Waals surface area (Å²) >= 11 is 12.2. The fourth-order valence-electron chi connectivity index (χ4n) is 2.36. The van der Waals surface area contributed by atoms with E-state index in [9.17, 15) is 4.79 Å². The number of halogens is 2. The number of anilines is 1. The second-order valence-electron chi connectivity index (χ2n) is 5.36. The number of benzene rings is 1. The van der Waals surface area contributed by atoms with Crippen molar-refractivity contribution in [1.29, 1.82) is 0 Å². The monoisotopic (exact) mass is 367 g/mol. The zero-order valence-corrected chi connectivity index (χ0v) is 15.3. The molecule has 1 heterocycles. The van der Waals surface area contributed by atoms with Crippen molar-refractivity contribution in [1.82, 2.24) is 10.3 Å². The number of methoxy groups -OCH3 is 1. The van der Waals surface area contributed by atoms with Gasteiger partial charge in [0.25, 0.3) is 0 Å². The van der Waals surface area contributed by atoms with Crippen LogP contribution in [0.3, 0.4) is 0 Å². The zero-order valence-electron chi connectivity index (χ0n) is 13.8. The highest BCUT2D eigenvalue weighted by atomic mass is 35.5. The van der Waals surface area contributed by atoms with Crippen LogP contribution in [-0.2, 0) is 17.8 Å². The first-order valence-electron chi connectivity index (χ1n) is 7.32. The molecule has 128 valence electrons. The fraction of sp³-hybridized carbons (Fsp3) is 0.294. The van der Waals surface area contributed by atoms with Crippen LogP contribution in [0.2, 0.25) is 10.0 Å². The molecular weight excluding hydrogens is 349 g/mol. The number of carbonyl (C=O) groups excluding carboxylic acids is 1. The summed E-state index contributed by atoms with van der Waals surface area (Å²) in [4.78, 5) is 18.1. The minimum Gasteiger partial charge on any atom is -0.464 e. The maximum absolute atomic E-state index is 12.0. The number of esters is 1. The Morgan fingerprint density at radius 3 is 2.67 bits per heavy atom. The Morgan fingerprint density at radius 1 is 1.25 bits per heavy atom. The molecule has 24 heavy (non-hydrogen) atoms. The van der Waals surface area contributed by atoms with E-state index < -0.39 is 5.97 Å². The van der Waals surface area contributed by atoms with Crippen LogP contribution in [0, 0.1) is 0 Å². The van der Waals surface area contributed by atoms with Crippen LogP contribution in [0.15, 0.2) is 30.5 Å². The number of nitrogens with zero attached hydrogens (tertiary/aromatic N) is 2. The van der Waals surface area contributed by atoms with Crippen LogP contribution in [0.5, 0.6) is 0 Å². The molecule has 1 N–H and O–H groups in total. The Kier molecular flexibility index (Phi) is 6.43. The van der Waals surface area contributed by atoms with E-state index in [2.05, 4.69) is 10.3 Å². The predicted molar refractivity (Wildman–Crippen MR) is 96.9 cm³/mol. The minimum atomic E-state index is -0.462. The Balaban J connectivity index is 2.22. The summed E-state index contributed by atoms with van der Waals surface area (Å²) in [5.74, 6) is -0.462. The molecule has 0 fully saturated rings. The van der Waals surface area contributed by atoms with Crippen LogP contribution < -0.4 is 10.2 Å². The smallest absolute Gasteiger partial charge is 0.357 e. The molecule has 0 aliphatic carbocycles. The molecule has 0 unspecified atom stereocenters. The average molecular weight is 368 g/mol. The molecule has 0 saturated carbocycles. The number of aromatic nitrogens is 1. The molecule has 7 heteroatoms. The van der Waals surface area contributed by atoms with Gasteiger partial charge in [-0.25, -0.2) is 9.78 Å². The second-order valence-corrected chi connectivity index (χ2v) is 6.14. The van der Waals surface area contributed by atoms with Crippen molar-refractivity contribution < 1.29 is 9.53 Å². The normalized spacial score (nSPS) is 10.5. The lowest BCUT2D eigenvalue weighted by atomic mass is 10.1. The van der Waals surface area contributed by atoms with Crippen LogP contribution in [-0.4, -0.2) is 32.2 Å². The van der Waals surface area contributed by atoms with Gasteiger partial charge in [-0.15, -0.1) is 0 Å². The van der Waals surface area contributed by atoms with Gasteiger partial charge >= 0.3 is 5.97 Å². The summed E-state index contributed by atoms with van der Waals surface area (Å²) in [5.41, 5.74) is 2.86. The van der Waals surface area contributed by atoms with Gasteiger partial charge in [0, 0.05) is 44.6 Å². The molecule has 5 nitrogen and oxygen atoms in total. The fourth-order valence-corrected chi connectivity index (χ4v) is 2.74. The van der Waals surface area contributed by atoms with Crippen molar-refractivity contribution in [3.63, 3.8) is 0 Å². The van der Waals surface area contributed by atoms with Gasteiger partial charge in [-0.1, -0.05) is 35.3 Å². The van der Waals surface area contributed by atoms with Gasteiger partial charge in [-0.3, -0.25) is 0 Å². The standard InChI is InChI=1S/C17H19Cl2N3O2/c1-22(2)14-7-8-21-16(17(23)24-3)12(14)10-20-9-11-5-4-6-13(18)15(11)19/h4-8,20H,9-10H2,1-3H3. The molecule has 0 bridgehead atoms. The van der Waals surface area contributed by atoms with E-state index in [4.69, 9.17) is 27.9 Å². The maximum atomic E-state index is 12.0. The van der Waals surface area contributed by atoms with Crippen LogP contribution in [0.4, 0.5) is 5.69 Å². The van der Waals surface area contributed by atoms with E-state index in [1.54, 1.807) is 12.3 Å². The molecule has 0 aliphatic rings. The van der Waals surface area contributed by atoms with E-state index >= 15 is 0 Å². The van der Waals surface area contributed by atoms with Gasteiger partial charge in [0.1, 0.15) is 0 Å². The Hall–Kier alpha value is -1.82. The van der Waals surface area contributed by atoms with E-state index in [1.165, 1.54) is 7.11 Å². The maximum Gasteiger partial charge on any atom is 0.357 e. The Bertz CT molecular complexity index is 736. The van der Waals surface area contributed by atoms with Crippen molar-refractivity contribution in [3.05, 3.63) is 57.3 Å². The van der Waals surface area contributed by atoms with Crippen LogP contribution in [0.25, 0.3) is 0 Å². The molecule has 2 rings (SSSR count). The Morgan fingerprint density at radius 2 is 2.00 bits per heavy atom. The summed E-state index contributed by atoms with van der Waals surface area (Å²) in [6.07, 6.45) is 1.60. The number of pyridine rings is 1. The Labute approximate surface area is 151 Å². The number of nitrogens with one attached hydrogen (secondary N) is 1. The summed E-state index contributed by atoms with van der Waals surface area (Å²) < 4.78 is 4.82. The lowest BCUT2D eigenvalue weighted by molar-refractivity contribution is 0.0592. The van der Waals surface area contributed by atoms with Gasteiger partial charge in [0.15, 0.2) is 5.69 Å². The van der Waals surface area contributed by atoms with Crippen molar-refractivity contribution in [2.24, 2.45) is 0 Å². The molecule has 1 aromatic heterocycles. The third-order valence-corrected chi connectivity index (χ3v) is 4.40. The van der Waals surface area contributed by atoms with Crippen molar-refractivity contribution in [3.8, 4) is 0 Å². The number of ether oxygens (including phenoxy) is 1.